The average molecular weight is 864 g/mol. The number of hydrogen-bond donors (Lipinski definition) is 2. The second-order valence-electron chi connectivity index (χ2n) is 16.7. The van der Waals surface area contributed by atoms with E-state index in [1.54, 1.807) is 0 Å². The summed E-state index contributed by atoms with van der Waals surface area (Å²) in [6, 6.07) is 41.1. The summed E-state index contributed by atoms with van der Waals surface area (Å²) in [6.45, 7) is 15.2. The first-order chi connectivity index (χ1) is 28.2. The van der Waals surface area contributed by atoms with E-state index in [0.717, 1.165) is 23.6 Å². The van der Waals surface area contributed by atoms with Gasteiger partial charge in [0.2, 0.25) is 0 Å². The van der Waals surface area contributed by atoms with E-state index < -0.39 is 34.7 Å². The van der Waals surface area contributed by atoms with E-state index >= 15 is 0 Å². The SMILES string of the molecule is C1CCOC1.CC(C)(C)[Si](OC(CCO)CCO)(c1ccccc1)c1ccccc1.COC(=O)CC(CC(=O)OC)O[Si](c1ccccc1)(c1ccccc1)C(C)(C)C.[B].[H-].[Li+]. The Labute approximate surface area is 383 Å². The summed E-state index contributed by atoms with van der Waals surface area (Å²) in [4.78, 5) is 24.1. The van der Waals surface area contributed by atoms with Gasteiger partial charge in [-0.2, -0.15) is 0 Å². The van der Waals surface area contributed by atoms with Gasteiger partial charge in [-0.25, -0.2) is 0 Å². The Morgan fingerprint density at radius 1 is 0.574 bits per heavy atom. The van der Waals surface area contributed by atoms with Crippen molar-refractivity contribution < 1.29 is 63.2 Å². The van der Waals surface area contributed by atoms with Gasteiger partial charge in [0.15, 0.2) is 0 Å². The molecule has 0 amide bonds. The van der Waals surface area contributed by atoms with Crippen LogP contribution in [-0.2, 0) is 32.7 Å². The number of aliphatic hydroxyl groups is 2. The predicted molar refractivity (Wildman–Crippen MR) is 249 cm³/mol. The summed E-state index contributed by atoms with van der Waals surface area (Å²) in [5, 5.41) is 23.2. The van der Waals surface area contributed by atoms with Crippen LogP contribution < -0.4 is 39.6 Å². The molecule has 0 aromatic heterocycles. The molecular weight excluding hydrogens is 794 g/mol. The summed E-state index contributed by atoms with van der Waals surface area (Å²) in [5.74, 6) is -0.839. The molecule has 4 aromatic carbocycles. The zero-order valence-corrected chi connectivity index (χ0v) is 40.1. The van der Waals surface area contributed by atoms with Gasteiger partial charge in [0, 0.05) is 34.8 Å². The first kappa shape index (κ1) is 55.7. The van der Waals surface area contributed by atoms with Crippen molar-refractivity contribution in [2.45, 2.75) is 102 Å². The molecule has 1 aliphatic rings. The van der Waals surface area contributed by atoms with Crippen LogP contribution in [0, 0.1) is 0 Å². The number of esters is 2. The molecule has 2 N–H and O–H groups in total. The molecule has 1 heterocycles. The normalized spacial score (nSPS) is 12.8. The van der Waals surface area contributed by atoms with E-state index in [9.17, 15) is 19.8 Å². The van der Waals surface area contributed by atoms with Gasteiger partial charge >= 0.3 is 30.8 Å². The van der Waals surface area contributed by atoms with Crippen LogP contribution in [0.3, 0.4) is 0 Å². The van der Waals surface area contributed by atoms with E-state index in [1.807, 2.05) is 48.5 Å². The summed E-state index contributed by atoms with van der Waals surface area (Å²) in [5.41, 5.74) is 0. The molecule has 0 saturated carbocycles. The topological polar surface area (TPSA) is 121 Å². The fourth-order valence-electron chi connectivity index (χ4n) is 7.64. The molecule has 0 unspecified atom stereocenters. The second kappa shape index (κ2) is 27.7. The average Bonchev–Trinajstić information content (AvgIpc) is 3.83. The third-order valence-electron chi connectivity index (χ3n) is 10.5. The zero-order chi connectivity index (χ0) is 43.4. The van der Waals surface area contributed by atoms with Gasteiger partial charge in [-0.1, -0.05) is 163 Å². The standard InChI is InChI=1S/C23H30O5Si.C21H30O3Si.C4H8O.B.Li.H/c1-23(2,3)29(19-12-8-6-9-13-19,20-14-10-7-11-15-20)28-18(16-21(24)26-4)17-22(25)27-5;1-21(2,3)25(19-10-6-4-7-11-19,20-12-8-5-9-13-20)24-18(14-16-22)15-17-23;1-2-4-5-3-1;;;/h6-15,18H,16-17H2,1-5H3;4-13,18,22-23H,14-17H2,1-3H3;1-4H2;;;/q;;;;+1;-1. The third-order valence-corrected chi connectivity index (χ3v) is 20.7. The monoisotopic (exact) mass is 863 g/mol. The fourth-order valence-corrected chi connectivity index (χ4v) is 17.1. The number of benzene rings is 4. The predicted octanol–water partition coefficient (Wildman–Crippen LogP) is 3.29. The van der Waals surface area contributed by atoms with E-state index in [0.29, 0.717) is 12.8 Å². The van der Waals surface area contributed by atoms with Crippen LogP contribution in [0.25, 0.3) is 0 Å². The Kier molecular flexibility index (Phi) is 25.3. The minimum atomic E-state index is -2.89. The van der Waals surface area contributed by atoms with Crippen molar-refractivity contribution in [3.63, 3.8) is 0 Å². The van der Waals surface area contributed by atoms with Crippen LogP contribution in [0.2, 0.25) is 10.1 Å². The fraction of sp³-hybridized carbons (Fsp3) is 0.458. The molecule has 0 spiro atoms. The Morgan fingerprint density at radius 3 is 1.07 bits per heavy atom. The van der Waals surface area contributed by atoms with Crippen molar-refractivity contribution >= 4 is 57.7 Å². The van der Waals surface area contributed by atoms with Gasteiger partial charge in [-0.3, -0.25) is 9.59 Å². The number of hydrogen-bond acceptors (Lipinski definition) is 9. The molecule has 0 bridgehead atoms. The van der Waals surface area contributed by atoms with Crippen LogP contribution in [0.1, 0.15) is 81.5 Å². The molecule has 9 nitrogen and oxygen atoms in total. The van der Waals surface area contributed by atoms with Crippen LogP contribution in [-0.4, -0.2) is 100 Å². The minimum Gasteiger partial charge on any atom is -1.00 e. The van der Waals surface area contributed by atoms with E-state index in [4.69, 9.17) is 23.1 Å². The third kappa shape index (κ3) is 15.8. The largest absolute Gasteiger partial charge is 1.00 e. The summed E-state index contributed by atoms with van der Waals surface area (Å²) >= 11 is 0. The minimum absolute atomic E-state index is 0. The summed E-state index contributed by atoms with van der Waals surface area (Å²) in [6.07, 6.45) is 2.77. The Morgan fingerprint density at radius 2 is 0.852 bits per heavy atom. The van der Waals surface area contributed by atoms with E-state index in [-0.39, 0.29) is 70.9 Å². The number of ether oxygens (including phenoxy) is 3. The maximum Gasteiger partial charge on any atom is 1.00 e. The van der Waals surface area contributed by atoms with Crippen LogP contribution in [0.15, 0.2) is 121 Å². The molecule has 0 atom stereocenters. The van der Waals surface area contributed by atoms with Gasteiger partial charge < -0.3 is 34.7 Å². The van der Waals surface area contributed by atoms with Gasteiger partial charge in [0.05, 0.1) is 39.3 Å². The van der Waals surface area contributed by atoms with Crippen molar-refractivity contribution in [2.75, 3.05) is 40.6 Å². The Hall–Kier alpha value is -3.28. The van der Waals surface area contributed by atoms with Crippen LogP contribution in [0.5, 0.6) is 0 Å². The second-order valence-corrected chi connectivity index (χ2v) is 25.2. The number of aliphatic hydroxyl groups excluding tert-OH is 2. The van der Waals surface area contributed by atoms with Crippen molar-refractivity contribution in [1.82, 2.24) is 0 Å². The van der Waals surface area contributed by atoms with Crippen LogP contribution >= 0.6 is 0 Å². The molecule has 1 fully saturated rings. The smallest absolute Gasteiger partial charge is 1.00 e. The Balaban J connectivity index is 0.00000104. The number of methoxy groups -OCH3 is 2. The van der Waals surface area contributed by atoms with Crippen molar-refractivity contribution in [1.29, 1.82) is 0 Å². The van der Waals surface area contributed by atoms with Crippen molar-refractivity contribution in [3.8, 4) is 0 Å². The summed E-state index contributed by atoms with van der Waals surface area (Å²) in [7, 11) is -2.83. The maximum atomic E-state index is 12.1. The molecule has 327 valence electrons. The van der Waals surface area contributed by atoms with Crippen molar-refractivity contribution in [3.05, 3.63) is 121 Å². The summed E-state index contributed by atoms with van der Waals surface area (Å²) < 4.78 is 28.4. The molecule has 1 saturated heterocycles. The van der Waals surface area contributed by atoms with Gasteiger partial charge in [0.25, 0.3) is 16.6 Å². The molecule has 0 aliphatic carbocycles. The van der Waals surface area contributed by atoms with E-state index in [2.05, 4.69) is 114 Å². The van der Waals surface area contributed by atoms with Gasteiger partial charge in [-0.05, 0) is 56.5 Å². The maximum absolute atomic E-state index is 12.1. The molecule has 61 heavy (non-hydrogen) atoms. The van der Waals surface area contributed by atoms with Crippen LogP contribution in [0.4, 0.5) is 0 Å². The molecule has 4 aromatic rings. The first-order valence-electron chi connectivity index (χ1n) is 20.7. The number of carbonyl (C=O) groups is 2. The molecule has 1 aliphatic heterocycles. The van der Waals surface area contributed by atoms with Gasteiger partial charge in [0.1, 0.15) is 0 Å². The number of rotatable bonds is 16. The molecule has 5 rings (SSSR count). The van der Waals surface area contributed by atoms with E-state index in [1.165, 1.54) is 37.4 Å². The number of carbonyl (C=O) groups excluding carboxylic acids is 2. The molecular formula is C48H69BLiO9Si2. The molecule has 3 radical (unpaired) electrons. The van der Waals surface area contributed by atoms with Gasteiger partial charge in [-0.15, -0.1) is 0 Å². The first-order valence-corrected chi connectivity index (χ1v) is 24.5. The Bertz CT molecular complexity index is 1670. The quantitative estimate of drug-likeness (QED) is 0.129. The van der Waals surface area contributed by atoms with Crippen molar-refractivity contribution in [2.24, 2.45) is 0 Å². The molecule has 13 heteroatoms. The zero-order valence-electron chi connectivity index (χ0n) is 39.1.